The lowest BCUT2D eigenvalue weighted by molar-refractivity contribution is -0.134. The molecule has 1 heterocycles. The minimum absolute atomic E-state index is 0. The van der Waals surface area contributed by atoms with Crippen LogP contribution < -0.4 is 5.73 Å². The summed E-state index contributed by atoms with van der Waals surface area (Å²) in [7, 11) is 0. The van der Waals surface area contributed by atoms with Gasteiger partial charge in [-0.1, -0.05) is 37.3 Å². The van der Waals surface area contributed by atoms with Gasteiger partial charge in [0, 0.05) is 13.1 Å². The fraction of sp³-hybridized carbons (Fsp3) is 0.500. The molecule has 0 bridgehead atoms. The Bertz CT molecular complexity index is 375. The van der Waals surface area contributed by atoms with Gasteiger partial charge in [-0.2, -0.15) is 0 Å². The number of nitrogens with two attached hydrogens (primary N) is 1. The van der Waals surface area contributed by atoms with E-state index in [0.717, 1.165) is 37.4 Å². The van der Waals surface area contributed by atoms with Crippen LogP contribution in [0.4, 0.5) is 0 Å². The molecule has 4 heteroatoms. The van der Waals surface area contributed by atoms with Gasteiger partial charge in [-0.25, -0.2) is 0 Å². The van der Waals surface area contributed by atoms with Gasteiger partial charge in [0.2, 0.25) is 5.91 Å². The van der Waals surface area contributed by atoms with Crippen molar-refractivity contribution in [1.82, 2.24) is 4.90 Å². The van der Waals surface area contributed by atoms with Crippen LogP contribution in [0.15, 0.2) is 30.3 Å². The molecule has 1 saturated heterocycles. The second-order valence-electron chi connectivity index (χ2n) is 4.90. The molecule has 1 fully saturated rings. The van der Waals surface area contributed by atoms with E-state index in [1.807, 2.05) is 35.2 Å². The van der Waals surface area contributed by atoms with E-state index in [-0.39, 0.29) is 18.3 Å². The topological polar surface area (TPSA) is 46.3 Å². The Morgan fingerprint density at radius 1 is 1.28 bits per heavy atom. The van der Waals surface area contributed by atoms with Crippen molar-refractivity contribution in [1.29, 1.82) is 0 Å². The predicted octanol–water partition coefficient (Wildman–Crippen LogP) is 2.37. The third-order valence-electron chi connectivity index (χ3n) is 3.52. The van der Waals surface area contributed by atoms with Crippen LogP contribution in [0.3, 0.4) is 0 Å². The Morgan fingerprint density at radius 2 is 1.83 bits per heavy atom. The average molecular weight is 269 g/mol. The van der Waals surface area contributed by atoms with Crippen LogP contribution in [0, 0.1) is 5.92 Å². The number of benzene rings is 1. The maximum absolute atomic E-state index is 12.2. The van der Waals surface area contributed by atoms with Gasteiger partial charge >= 0.3 is 0 Å². The minimum atomic E-state index is -0.510. The molecule has 0 aliphatic carbocycles. The number of amides is 1. The number of piperidine rings is 1. The Hall–Kier alpha value is -1.06. The molecule has 0 radical (unpaired) electrons. The van der Waals surface area contributed by atoms with Crippen molar-refractivity contribution >= 4 is 18.3 Å². The summed E-state index contributed by atoms with van der Waals surface area (Å²) in [4.78, 5) is 14.1. The highest BCUT2D eigenvalue weighted by atomic mass is 35.5. The molecule has 1 aliphatic heterocycles. The van der Waals surface area contributed by atoms with Crippen molar-refractivity contribution in [3.8, 4) is 0 Å². The fourth-order valence-electron chi connectivity index (χ4n) is 2.23. The van der Waals surface area contributed by atoms with Crippen molar-refractivity contribution in [2.24, 2.45) is 11.7 Å². The van der Waals surface area contributed by atoms with Gasteiger partial charge in [0.15, 0.2) is 0 Å². The monoisotopic (exact) mass is 268 g/mol. The third-order valence-corrected chi connectivity index (χ3v) is 3.52. The Morgan fingerprint density at radius 3 is 2.39 bits per heavy atom. The molecule has 1 aromatic carbocycles. The maximum atomic E-state index is 12.2. The first-order valence-electron chi connectivity index (χ1n) is 6.28. The Balaban J connectivity index is 0.00000162. The minimum Gasteiger partial charge on any atom is -0.341 e. The van der Waals surface area contributed by atoms with Crippen LogP contribution in [0.25, 0.3) is 0 Å². The fourth-order valence-corrected chi connectivity index (χ4v) is 2.23. The van der Waals surface area contributed by atoms with Crippen LogP contribution in [-0.2, 0) is 4.79 Å². The van der Waals surface area contributed by atoms with Crippen molar-refractivity contribution in [3.05, 3.63) is 35.9 Å². The largest absolute Gasteiger partial charge is 0.341 e. The highest BCUT2D eigenvalue weighted by Crippen LogP contribution is 2.20. The van der Waals surface area contributed by atoms with Crippen LogP contribution >= 0.6 is 12.4 Å². The molecule has 18 heavy (non-hydrogen) atoms. The van der Waals surface area contributed by atoms with Gasteiger partial charge in [0.05, 0.1) is 0 Å². The molecule has 1 atom stereocenters. The third kappa shape index (κ3) is 3.47. The van der Waals surface area contributed by atoms with Gasteiger partial charge in [-0.05, 0) is 24.3 Å². The van der Waals surface area contributed by atoms with Gasteiger partial charge < -0.3 is 10.6 Å². The zero-order valence-corrected chi connectivity index (χ0v) is 11.5. The summed E-state index contributed by atoms with van der Waals surface area (Å²) in [5.74, 6) is 0.787. The van der Waals surface area contributed by atoms with Gasteiger partial charge in [0.1, 0.15) is 6.04 Å². The van der Waals surface area contributed by atoms with Crippen molar-refractivity contribution < 1.29 is 4.79 Å². The second-order valence-corrected chi connectivity index (χ2v) is 4.90. The zero-order valence-electron chi connectivity index (χ0n) is 10.7. The van der Waals surface area contributed by atoms with Crippen molar-refractivity contribution in [2.75, 3.05) is 13.1 Å². The number of hydrogen-bond donors (Lipinski definition) is 1. The first kappa shape index (κ1) is 15.0. The number of rotatable bonds is 2. The molecule has 1 aromatic rings. The van der Waals surface area contributed by atoms with E-state index < -0.39 is 6.04 Å². The number of carbonyl (C=O) groups excluding carboxylic acids is 1. The van der Waals surface area contributed by atoms with Crippen molar-refractivity contribution in [2.45, 2.75) is 25.8 Å². The smallest absolute Gasteiger partial charge is 0.244 e. The Labute approximate surface area is 115 Å². The molecule has 0 saturated carbocycles. The van der Waals surface area contributed by atoms with E-state index in [1.165, 1.54) is 0 Å². The molecular weight excluding hydrogens is 248 g/mol. The number of halogens is 1. The second kappa shape index (κ2) is 6.76. The quantitative estimate of drug-likeness (QED) is 0.895. The molecule has 2 N–H and O–H groups in total. The SMILES string of the molecule is CC1CCN(C(=O)C(N)c2ccccc2)CC1.Cl. The van der Waals surface area contributed by atoms with Crippen LogP contribution in [0.5, 0.6) is 0 Å². The summed E-state index contributed by atoms with van der Waals surface area (Å²) < 4.78 is 0. The summed E-state index contributed by atoms with van der Waals surface area (Å²) in [6.45, 7) is 3.93. The molecule has 1 amide bonds. The van der Waals surface area contributed by atoms with E-state index in [0.29, 0.717) is 0 Å². The lowest BCUT2D eigenvalue weighted by Gasteiger charge is -2.32. The summed E-state index contributed by atoms with van der Waals surface area (Å²) in [6, 6.07) is 9.08. The number of likely N-dealkylation sites (tertiary alicyclic amines) is 1. The van der Waals surface area contributed by atoms with Gasteiger partial charge in [0.25, 0.3) is 0 Å². The molecule has 2 rings (SSSR count). The molecule has 0 aromatic heterocycles. The van der Waals surface area contributed by atoms with E-state index in [9.17, 15) is 4.79 Å². The average Bonchev–Trinajstić information content (AvgIpc) is 2.39. The zero-order chi connectivity index (χ0) is 12.3. The number of nitrogens with zero attached hydrogens (tertiary/aromatic N) is 1. The molecule has 3 nitrogen and oxygen atoms in total. The summed E-state index contributed by atoms with van der Waals surface area (Å²) in [5, 5.41) is 0. The first-order valence-corrected chi connectivity index (χ1v) is 6.28. The predicted molar refractivity (Wildman–Crippen MR) is 75.6 cm³/mol. The van der Waals surface area contributed by atoms with E-state index in [1.54, 1.807) is 0 Å². The highest BCUT2D eigenvalue weighted by Gasteiger charge is 2.25. The molecule has 1 aliphatic rings. The summed E-state index contributed by atoms with van der Waals surface area (Å²) in [6.07, 6.45) is 2.18. The normalized spacial score (nSPS) is 18.0. The maximum Gasteiger partial charge on any atom is 0.244 e. The Kier molecular flexibility index (Phi) is 5.63. The molecule has 100 valence electrons. The standard InChI is InChI=1S/C14H20N2O.ClH/c1-11-7-9-16(10-8-11)14(17)13(15)12-5-3-2-4-6-12;/h2-6,11,13H,7-10,15H2,1H3;1H. The van der Waals surface area contributed by atoms with Crippen molar-refractivity contribution in [3.63, 3.8) is 0 Å². The van der Waals surface area contributed by atoms with E-state index in [4.69, 9.17) is 5.73 Å². The van der Waals surface area contributed by atoms with Crippen LogP contribution in [0.1, 0.15) is 31.4 Å². The summed E-state index contributed by atoms with van der Waals surface area (Å²) in [5.41, 5.74) is 6.91. The lowest BCUT2D eigenvalue weighted by Crippen LogP contribution is -2.42. The van der Waals surface area contributed by atoms with E-state index in [2.05, 4.69) is 6.92 Å². The first-order chi connectivity index (χ1) is 8.18. The van der Waals surface area contributed by atoms with Crippen LogP contribution in [-0.4, -0.2) is 23.9 Å². The van der Waals surface area contributed by atoms with Crippen LogP contribution in [0.2, 0.25) is 0 Å². The molecule has 0 spiro atoms. The highest BCUT2D eigenvalue weighted by molar-refractivity contribution is 5.85. The molecule has 1 unspecified atom stereocenters. The number of carbonyl (C=O) groups is 1. The lowest BCUT2D eigenvalue weighted by atomic mass is 9.98. The van der Waals surface area contributed by atoms with Gasteiger partial charge in [-0.3, -0.25) is 4.79 Å². The molecular formula is C14H21ClN2O. The summed E-state index contributed by atoms with van der Waals surface area (Å²) >= 11 is 0. The van der Waals surface area contributed by atoms with E-state index >= 15 is 0 Å². The van der Waals surface area contributed by atoms with Gasteiger partial charge in [-0.15, -0.1) is 12.4 Å². The number of hydrogen-bond acceptors (Lipinski definition) is 2.